The molecule has 3 N–H and O–H groups in total. The lowest BCUT2D eigenvalue weighted by Gasteiger charge is -2.20. The molecular weight excluding hydrogens is 154 g/mol. The average Bonchev–Trinajstić information content (AvgIpc) is 2.38. The highest BCUT2D eigenvalue weighted by Gasteiger charge is 2.20. The van der Waals surface area contributed by atoms with Gasteiger partial charge in [-0.1, -0.05) is 0 Å². The van der Waals surface area contributed by atoms with Crippen molar-refractivity contribution in [3.63, 3.8) is 0 Å². The Bertz CT molecular complexity index is 216. The Kier molecular flexibility index (Phi) is 2.89. The Balaban J connectivity index is 2.50. The molecule has 0 spiro atoms. The van der Waals surface area contributed by atoms with Gasteiger partial charge in [0.2, 0.25) is 0 Å². The molecule has 68 valence electrons. The van der Waals surface area contributed by atoms with Crippen molar-refractivity contribution in [2.75, 3.05) is 6.54 Å². The Morgan fingerprint density at radius 1 is 1.67 bits per heavy atom. The van der Waals surface area contributed by atoms with E-state index in [2.05, 4.69) is 0 Å². The van der Waals surface area contributed by atoms with Crippen molar-refractivity contribution in [3.8, 4) is 0 Å². The van der Waals surface area contributed by atoms with Crippen LogP contribution in [0, 0.1) is 0 Å². The quantitative estimate of drug-likeness (QED) is 0.704. The number of hydrogen-bond donors (Lipinski definition) is 2. The van der Waals surface area contributed by atoms with E-state index in [-0.39, 0.29) is 0 Å². The molecular formula is C9H15NO2. The van der Waals surface area contributed by atoms with Gasteiger partial charge in [-0.3, -0.25) is 0 Å². The molecule has 3 heteroatoms. The fourth-order valence-corrected chi connectivity index (χ4v) is 1.19. The summed E-state index contributed by atoms with van der Waals surface area (Å²) in [5, 5.41) is 9.75. The molecule has 0 bridgehead atoms. The third-order valence-electron chi connectivity index (χ3n) is 1.82. The van der Waals surface area contributed by atoms with Gasteiger partial charge in [-0.2, -0.15) is 0 Å². The highest BCUT2D eigenvalue weighted by atomic mass is 16.3. The second kappa shape index (κ2) is 3.74. The van der Waals surface area contributed by atoms with Gasteiger partial charge in [0.25, 0.3) is 0 Å². The Hall–Kier alpha value is -0.800. The molecule has 0 aliphatic carbocycles. The first-order chi connectivity index (χ1) is 5.64. The summed E-state index contributed by atoms with van der Waals surface area (Å²) in [6.45, 7) is 2.26. The molecule has 1 aromatic heterocycles. The highest BCUT2D eigenvalue weighted by Crippen LogP contribution is 2.16. The number of furan rings is 1. The van der Waals surface area contributed by atoms with Crippen LogP contribution < -0.4 is 5.73 Å². The molecule has 12 heavy (non-hydrogen) atoms. The zero-order valence-electron chi connectivity index (χ0n) is 7.29. The first-order valence-corrected chi connectivity index (χ1v) is 4.09. The molecule has 0 fully saturated rings. The third-order valence-corrected chi connectivity index (χ3v) is 1.82. The predicted octanol–water partition coefficient (Wildman–Crippen LogP) is 0.922. The van der Waals surface area contributed by atoms with Crippen LogP contribution in [0.1, 0.15) is 19.1 Å². The van der Waals surface area contributed by atoms with E-state index >= 15 is 0 Å². The highest BCUT2D eigenvalue weighted by molar-refractivity contribution is 5.02. The first-order valence-electron chi connectivity index (χ1n) is 4.09. The topological polar surface area (TPSA) is 59.4 Å². The van der Waals surface area contributed by atoms with Crippen molar-refractivity contribution in [1.29, 1.82) is 0 Å². The number of nitrogens with two attached hydrogens (primary N) is 1. The van der Waals surface area contributed by atoms with Gasteiger partial charge >= 0.3 is 0 Å². The molecule has 0 aliphatic rings. The molecule has 0 amide bonds. The Morgan fingerprint density at radius 2 is 2.42 bits per heavy atom. The van der Waals surface area contributed by atoms with E-state index in [0.29, 0.717) is 19.4 Å². The summed E-state index contributed by atoms with van der Waals surface area (Å²) in [7, 11) is 0. The summed E-state index contributed by atoms with van der Waals surface area (Å²) in [6, 6.07) is 3.67. The number of aliphatic hydroxyl groups is 1. The van der Waals surface area contributed by atoms with Crippen LogP contribution in [0.2, 0.25) is 0 Å². The van der Waals surface area contributed by atoms with E-state index in [1.54, 1.807) is 13.2 Å². The van der Waals surface area contributed by atoms with Crippen molar-refractivity contribution in [2.24, 2.45) is 5.73 Å². The summed E-state index contributed by atoms with van der Waals surface area (Å²) < 4.78 is 5.11. The van der Waals surface area contributed by atoms with Crippen molar-refractivity contribution < 1.29 is 9.52 Å². The van der Waals surface area contributed by atoms with Gasteiger partial charge in [0, 0.05) is 6.42 Å². The van der Waals surface area contributed by atoms with Gasteiger partial charge in [-0.05, 0) is 32.0 Å². The van der Waals surface area contributed by atoms with E-state index in [9.17, 15) is 5.11 Å². The zero-order chi connectivity index (χ0) is 9.03. The van der Waals surface area contributed by atoms with Gasteiger partial charge in [0.05, 0.1) is 11.9 Å². The fourth-order valence-electron chi connectivity index (χ4n) is 1.19. The van der Waals surface area contributed by atoms with E-state index in [1.807, 2.05) is 12.1 Å². The van der Waals surface area contributed by atoms with Crippen LogP contribution in [0.15, 0.2) is 22.8 Å². The summed E-state index contributed by atoms with van der Waals surface area (Å²) in [5.74, 6) is 0.799. The molecule has 3 nitrogen and oxygen atoms in total. The summed E-state index contributed by atoms with van der Waals surface area (Å²) >= 11 is 0. The van der Waals surface area contributed by atoms with Crippen LogP contribution in [0.5, 0.6) is 0 Å². The van der Waals surface area contributed by atoms with E-state index in [1.165, 1.54) is 0 Å². The van der Waals surface area contributed by atoms with Crippen molar-refractivity contribution in [2.45, 2.75) is 25.4 Å². The normalized spacial score (nSPS) is 15.9. The lowest BCUT2D eigenvalue weighted by Crippen LogP contribution is -2.30. The summed E-state index contributed by atoms with van der Waals surface area (Å²) in [4.78, 5) is 0. The van der Waals surface area contributed by atoms with Crippen LogP contribution in [-0.2, 0) is 6.42 Å². The largest absolute Gasteiger partial charge is 0.469 e. The maximum atomic E-state index is 9.75. The minimum absolute atomic E-state index is 0.494. The van der Waals surface area contributed by atoms with E-state index < -0.39 is 5.60 Å². The molecule has 1 aromatic rings. The maximum absolute atomic E-state index is 9.75. The smallest absolute Gasteiger partial charge is 0.106 e. The van der Waals surface area contributed by atoms with Crippen LogP contribution in [0.4, 0.5) is 0 Å². The zero-order valence-corrected chi connectivity index (χ0v) is 7.29. The molecule has 0 aromatic carbocycles. The monoisotopic (exact) mass is 169 g/mol. The minimum Gasteiger partial charge on any atom is -0.469 e. The van der Waals surface area contributed by atoms with Gasteiger partial charge in [-0.25, -0.2) is 0 Å². The van der Waals surface area contributed by atoms with Crippen molar-refractivity contribution in [3.05, 3.63) is 24.2 Å². The summed E-state index contributed by atoms with van der Waals surface area (Å²) in [5.41, 5.74) is 4.61. The Morgan fingerprint density at radius 3 is 2.92 bits per heavy atom. The Labute approximate surface area is 72.2 Å². The number of rotatable bonds is 4. The van der Waals surface area contributed by atoms with Gasteiger partial charge in [0.1, 0.15) is 5.76 Å². The molecule has 0 radical (unpaired) electrons. The van der Waals surface area contributed by atoms with Gasteiger partial charge < -0.3 is 15.3 Å². The first kappa shape index (κ1) is 9.29. The second-order valence-electron chi connectivity index (χ2n) is 3.29. The molecule has 0 saturated heterocycles. The molecule has 1 rings (SSSR count). The summed E-state index contributed by atoms with van der Waals surface area (Å²) in [6.07, 6.45) is 2.72. The SMILES string of the molecule is CC(O)(CCN)Cc1ccco1. The molecule has 0 saturated carbocycles. The lowest BCUT2D eigenvalue weighted by molar-refractivity contribution is 0.0487. The second-order valence-corrected chi connectivity index (χ2v) is 3.29. The minimum atomic E-state index is -0.743. The average molecular weight is 169 g/mol. The van der Waals surface area contributed by atoms with Crippen molar-refractivity contribution >= 4 is 0 Å². The predicted molar refractivity (Wildman–Crippen MR) is 46.7 cm³/mol. The molecule has 1 unspecified atom stereocenters. The number of hydrogen-bond acceptors (Lipinski definition) is 3. The molecule has 0 aliphatic heterocycles. The standard InChI is InChI=1S/C9H15NO2/c1-9(11,4-5-10)7-8-3-2-6-12-8/h2-3,6,11H,4-5,7,10H2,1H3. The van der Waals surface area contributed by atoms with Crippen LogP contribution in [-0.4, -0.2) is 17.3 Å². The van der Waals surface area contributed by atoms with Gasteiger partial charge in [0.15, 0.2) is 0 Å². The molecule has 1 heterocycles. The lowest BCUT2D eigenvalue weighted by atomic mass is 9.97. The van der Waals surface area contributed by atoms with Crippen molar-refractivity contribution in [1.82, 2.24) is 0 Å². The van der Waals surface area contributed by atoms with E-state index in [0.717, 1.165) is 5.76 Å². The third kappa shape index (κ3) is 2.68. The maximum Gasteiger partial charge on any atom is 0.106 e. The molecule has 1 atom stereocenters. The van der Waals surface area contributed by atoms with Crippen LogP contribution in [0.3, 0.4) is 0 Å². The fraction of sp³-hybridized carbons (Fsp3) is 0.556. The van der Waals surface area contributed by atoms with Gasteiger partial charge in [-0.15, -0.1) is 0 Å². The van der Waals surface area contributed by atoms with Crippen LogP contribution in [0.25, 0.3) is 0 Å². The van der Waals surface area contributed by atoms with Crippen LogP contribution >= 0.6 is 0 Å². The van der Waals surface area contributed by atoms with E-state index in [4.69, 9.17) is 10.2 Å².